The second-order valence-corrected chi connectivity index (χ2v) is 14.9. The molecule has 0 aromatic rings. The molecule has 6 nitrogen and oxygen atoms in total. The number of fused-ring (bicyclic) bond motifs is 7. The smallest absolute Gasteiger partial charge is 0.311 e. The molecule has 5 rings (SSSR count). The number of esters is 1. The normalized spacial score (nSPS) is 49.3. The van der Waals surface area contributed by atoms with Crippen molar-refractivity contribution in [1.29, 1.82) is 5.26 Å². The first kappa shape index (κ1) is 27.3. The number of hydrogen-bond acceptors (Lipinski definition) is 6. The molecule has 206 valence electrons. The average Bonchev–Trinajstić information content (AvgIpc) is 2.86. The fourth-order valence-corrected chi connectivity index (χ4v) is 10.2. The first-order valence-electron chi connectivity index (χ1n) is 14.2. The second kappa shape index (κ2) is 7.68. The number of ketones is 2. The number of nitrogens with zero attached hydrogens (tertiary/aromatic N) is 1. The van der Waals surface area contributed by atoms with Crippen LogP contribution in [-0.2, 0) is 19.1 Å². The summed E-state index contributed by atoms with van der Waals surface area (Å²) in [5, 5.41) is 22.7. The van der Waals surface area contributed by atoms with Crippen LogP contribution in [0.3, 0.4) is 0 Å². The highest BCUT2D eigenvalue weighted by molar-refractivity contribution is 6.05. The molecule has 5 aliphatic rings. The van der Waals surface area contributed by atoms with Gasteiger partial charge in [0.1, 0.15) is 11.7 Å². The maximum atomic E-state index is 14.4. The maximum Gasteiger partial charge on any atom is 0.311 e. The van der Waals surface area contributed by atoms with Crippen LogP contribution < -0.4 is 0 Å². The summed E-state index contributed by atoms with van der Waals surface area (Å²) in [5.74, 6) is -1.13. The molecular formula is C32H43NO5. The number of ether oxygens (including phenoxy) is 1. The summed E-state index contributed by atoms with van der Waals surface area (Å²) >= 11 is 0. The van der Waals surface area contributed by atoms with Gasteiger partial charge in [-0.1, -0.05) is 47.6 Å². The van der Waals surface area contributed by atoms with Crippen LogP contribution in [0.5, 0.6) is 0 Å². The van der Waals surface area contributed by atoms with Gasteiger partial charge >= 0.3 is 5.97 Å². The lowest BCUT2D eigenvalue weighted by Crippen LogP contribution is -2.74. The van der Waals surface area contributed by atoms with Crippen LogP contribution in [0.15, 0.2) is 23.3 Å². The molecule has 0 heterocycles. The maximum absolute atomic E-state index is 14.4. The number of carbonyl (C=O) groups excluding carboxylic acids is 3. The van der Waals surface area contributed by atoms with Gasteiger partial charge in [-0.05, 0) is 80.3 Å². The minimum atomic E-state index is -1.63. The van der Waals surface area contributed by atoms with Gasteiger partial charge in [-0.25, -0.2) is 0 Å². The molecule has 0 aromatic carbocycles. The monoisotopic (exact) mass is 521 g/mol. The Morgan fingerprint density at radius 3 is 2.24 bits per heavy atom. The van der Waals surface area contributed by atoms with Gasteiger partial charge in [-0.3, -0.25) is 14.4 Å². The predicted molar refractivity (Wildman–Crippen MR) is 142 cm³/mol. The molecule has 8 atom stereocenters. The summed E-state index contributed by atoms with van der Waals surface area (Å²) in [4.78, 5) is 40.5. The van der Waals surface area contributed by atoms with E-state index in [9.17, 15) is 24.8 Å². The van der Waals surface area contributed by atoms with Crippen molar-refractivity contribution >= 4 is 17.5 Å². The molecule has 0 radical (unpaired) electrons. The van der Waals surface area contributed by atoms with Crippen LogP contribution in [0.1, 0.15) is 93.4 Å². The zero-order chi connectivity index (χ0) is 28.3. The molecular weight excluding hydrogens is 478 g/mol. The second-order valence-electron chi connectivity index (χ2n) is 14.9. The summed E-state index contributed by atoms with van der Waals surface area (Å²) in [7, 11) is 1.40. The Morgan fingerprint density at radius 2 is 1.63 bits per heavy atom. The van der Waals surface area contributed by atoms with Crippen molar-refractivity contribution in [3.8, 4) is 6.07 Å². The number of methoxy groups -OCH3 is 1. The summed E-state index contributed by atoms with van der Waals surface area (Å²) in [6.07, 6.45) is 8.42. The lowest BCUT2D eigenvalue weighted by molar-refractivity contribution is -0.244. The quantitative estimate of drug-likeness (QED) is 0.457. The molecule has 8 unspecified atom stereocenters. The van der Waals surface area contributed by atoms with Gasteiger partial charge in [0.25, 0.3) is 0 Å². The Labute approximate surface area is 226 Å². The highest BCUT2D eigenvalue weighted by atomic mass is 16.5. The molecule has 3 fully saturated rings. The molecule has 38 heavy (non-hydrogen) atoms. The summed E-state index contributed by atoms with van der Waals surface area (Å²) < 4.78 is 5.18. The Morgan fingerprint density at radius 1 is 1.00 bits per heavy atom. The summed E-state index contributed by atoms with van der Waals surface area (Å²) in [6, 6.07) is 2.13. The molecule has 0 aliphatic heterocycles. The van der Waals surface area contributed by atoms with E-state index in [-0.39, 0.29) is 40.4 Å². The van der Waals surface area contributed by atoms with Crippen molar-refractivity contribution in [3.63, 3.8) is 0 Å². The predicted octanol–water partition coefficient (Wildman–Crippen LogP) is 5.49. The van der Waals surface area contributed by atoms with Crippen LogP contribution in [0.25, 0.3) is 0 Å². The van der Waals surface area contributed by atoms with Gasteiger partial charge < -0.3 is 9.84 Å². The number of allylic oxidation sites excluding steroid dienone is 3. The van der Waals surface area contributed by atoms with Gasteiger partial charge in [0.05, 0.1) is 18.1 Å². The van der Waals surface area contributed by atoms with E-state index in [2.05, 4.69) is 33.8 Å². The number of rotatable bonds is 1. The molecule has 0 amide bonds. The van der Waals surface area contributed by atoms with Crippen molar-refractivity contribution in [3.05, 3.63) is 23.3 Å². The lowest BCUT2D eigenvalue weighted by Gasteiger charge is -2.71. The third-order valence-electron chi connectivity index (χ3n) is 12.9. The van der Waals surface area contributed by atoms with E-state index in [1.807, 2.05) is 26.8 Å². The third kappa shape index (κ3) is 2.90. The Kier molecular flexibility index (Phi) is 5.52. The molecule has 5 aliphatic carbocycles. The molecule has 3 saturated carbocycles. The highest BCUT2D eigenvalue weighted by Crippen LogP contribution is 2.75. The molecule has 1 N–H and O–H groups in total. The van der Waals surface area contributed by atoms with E-state index in [1.54, 1.807) is 6.08 Å². The van der Waals surface area contributed by atoms with E-state index >= 15 is 0 Å². The molecule has 0 bridgehead atoms. The van der Waals surface area contributed by atoms with E-state index in [4.69, 9.17) is 4.74 Å². The topological polar surface area (TPSA) is 104 Å². The van der Waals surface area contributed by atoms with Gasteiger partial charge in [-0.15, -0.1) is 0 Å². The fraction of sp³-hybridized carbons (Fsp3) is 0.750. The van der Waals surface area contributed by atoms with E-state index in [1.165, 1.54) is 7.11 Å². The first-order valence-corrected chi connectivity index (χ1v) is 14.2. The SMILES string of the molecule is COC(=O)C1(C)CCC2(C)CCC3(C)C4(C)CCC5C(C)(C)C(=O)C(C#N)=CC5(C)C4=CC(=O)C3(O)C2C1. The number of aliphatic hydroxyl groups is 1. The van der Waals surface area contributed by atoms with Crippen molar-refractivity contribution in [2.75, 3.05) is 7.11 Å². The van der Waals surface area contributed by atoms with Crippen LogP contribution in [-0.4, -0.2) is 35.4 Å². The Hall–Kier alpha value is -2.26. The van der Waals surface area contributed by atoms with E-state index in [0.29, 0.717) is 19.3 Å². The molecule has 0 aromatic heterocycles. The van der Waals surface area contributed by atoms with E-state index < -0.39 is 32.7 Å². The minimum Gasteiger partial charge on any atom is -0.469 e. The number of Topliss-reactive ketones (excluding diaryl/α,β-unsaturated/α-hetero) is 1. The number of carbonyl (C=O) groups is 3. The average molecular weight is 522 g/mol. The van der Waals surface area contributed by atoms with E-state index in [0.717, 1.165) is 31.3 Å². The van der Waals surface area contributed by atoms with Crippen LogP contribution in [0.2, 0.25) is 0 Å². The molecule has 6 heteroatoms. The third-order valence-corrected chi connectivity index (χ3v) is 12.9. The first-order chi connectivity index (χ1) is 17.4. The lowest BCUT2D eigenvalue weighted by atomic mass is 9.33. The molecule has 0 spiro atoms. The standard InChI is InChI=1S/C32H43NO5/c1-26(2)20-9-10-30(6)21(29(20,5)16-19(18-33)24(26)35)15-23(34)32(37)22-17-28(4,25(36)38-8)12-11-27(22,3)13-14-31(30,32)7/h15-16,20,22,37H,9-14,17H2,1-8H3. The summed E-state index contributed by atoms with van der Waals surface area (Å²) in [5.41, 5.74) is -4.19. The van der Waals surface area contributed by atoms with Crippen LogP contribution in [0, 0.1) is 55.7 Å². The van der Waals surface area contributed by atoms with Gasteiger partial charge in [0.2, 0.25) is 0 Å². The van der Waals surface area contributed by atoms with Crippen molar-refractivity contribution in [2.24, 2.45) is 44.3 Å². The number of hydrogen-bond donors (Lipinski definition) is 1. The van der Waals surface area contributed by atoms with Gasteiger partial charge in [-0.2, -0.15) is 5.26 Å². The van der Waals surface area contributed by atoms with Crippen molar-refractivity contribution in [1.82, 2.24) is 0 Å². The van der Waals surface area contributed by atoms with Crippen LogP contribution >= 0.6 is 0 Å². The zero-order valence-electron chi connectivity index (χ0n) is 24.3. The minimum absolute atomic E-state index is 0.0485. The number of nitriles is 1. The molecule has 0 saturated heterocycles. The summed E-state index contributed by atoms with van der Waals surface area (Å²) in [6.45, 7) is 14.3. The Balaban J connectivity index is 1.71. The van der Waals surface area contributed by atoms with Crippen LogP contribution in [0.4, 0.5) is 0 Å². The fourth-order valence-electron chi connectivity index (χ4n) is 10.2. The van der Waals surface area contributed by atoms with Crippen molar-refractivity contribution < 1.29 is 24.2 Å². The Bertz CT molecular complexity index is 1250. The largest absolute Gasteiger partial charge is 0.469 e. The highest BCUT2D eigenvalue weighted by Gasteiger charge is 2.75. The van der Waals surface area contributed by atoms with Gasteiger partial charge in [0.15, 0.2) is 11.6 Å². The van der Waals surface area contributed by atoms with Crippen molar-refractivity contribution in [2.45, 2.75) is 99.0 Å². The zero-order valence-corrected chi connectivity index (χ0v) is 24.3. The van der Waals surface area contributed by atoms with Gasteiger partial charge in [0, 0.05) is 22.2 Å².